The summed E-state index contributed by atoms with van der Waals surface area (Å²) in [6, 6.07) is 27.4. The maximum absolute atomic E-state index is 13.8. The van der Waals surface area contributed by atoms with E-state index in [1.54, 1.807) is 13.2 Å². The van der Waals surface area contributed by atoms with Crippen LogP contribution in [0.3, 0.4) is 0 Å². The van der Waals surface area contributed by atoms with Crippen molar-refractivity contribution >= 4 is 45.6 Å². The fraction of sp³-hybridized carbons (Fsp3) is 0.182. The average molecular weight is 628 g/mol. The van der Waals surface area contributed by atoms with Crippen molar-refractivity contribution in [3.63, 3.8) is 0 Å². The summed E-state index contributed by atoms with van der Waals surface area (Å²) in [6.45, 7) is 0.326. The second-order valence-corrected chi connectivity index (χ2v) is 11.7. The molecule has 1 fully saturated rings. The Morgan fingerprint density at radius 1 is 0.854 bits per heavy atom. The molecule has 2 amide bonds. The predicted octanol–water partition coefficient (Wildman–Crippen LogP) is 6.92. The van der Waals surface area contributed by atoms with E-state index in [-0.39, 0.29) is 23.7 Å². The second-order valence-electron chi connectivity index (χ2n) is 10.4. The van der Waals surface area contributed by atoms with E-state index >= 15 is 0 Å². The highest BCUT2D eigenvalue weighted by Crippen LogP contribution is 2.61. The summed E-state index contributed by atoms with van der Waals surface area (Å²) in [7, 11) is 1.56. The number of methoxy groups -OCH3 is 1. The second kappa shape index (κ2) is 10.2. The molecule has 4 aromatic rings. The summed E-state index contributed by atoms with van der Waals surface area (Å²) in [6.07, 6.45) is 1.52. The first-order valence-electron chi connectivity index (χ1n) is 13.3. The molecule has 0 spiro atoms. The van der Waals surface area contributed by atoms with Gasteiger partial charge in [0.05, 0.1) is 29.6 Å². The van der Waals surface area contributed by atoms with Gasteiger partial charge in [-0.3, -0.25) is 9.59 Å². The monoisotopic (exact) mass is 626 g/mol. The van der Waals surface area contributed by atoms with Crippen molar-refractivity contribution in [1.82, 2.24) is 5.01 Å². The number of halogens is 2. The van der Waals surface area contributed by atoms with Gasteiger partial charge in [0, 0.05) is 16.9 Å². The molecule has 0 aromatic heterocycles. The number of hydrogen-bond donors (Lipinski definition) is 0. The van der Waals surface area contributed by atoms with Crippen LogP contribution in [0.15, 0.2) is 94.5 Å². The van der Waals surface area contributed by atoms with Crippen molar-refractivity contribution < 1.29 is 19.1 Å². The van der Waals surface area contributed by atoms with Gasteiger partial charge in [-0.1, -0.05) is 72.3 Å². The fourth-order valence-corrected chi connectivity index (χ4v) is 7.29. The number of nitrogens with zero attached hydrogens (tertiary/aromatic N) is 2. The highest BCUT2D eigenvalue weighted by Gasteiger charge is 2.61. The van der Waals surface area contributed by atoms with Gasteiger partial charge >= 0.3 is 0 Å². The van der Waals surface area contributed by atoms with Crippen molar-refractivity contribution in [2.24, 2.45) is 16.9 Å². The van der Waals surface area contributed by atoms with E-state index < -0.39 is 11.8 Å². The van der Waals surface area contributed by atoms with Crippen LogP contribution in [-0.4, -0.2) is 30.1 Å². The standard InChI is InChI=1S/C33H24BrClN2O4/c1-40-26-15-19(14-25(34)31(26)41-17-18-10-12-20(35)13-11-18)16-36-37-32(38)29-27-21-6-2-3-7-22(21)28(30(29)33(37)39)24-9-5-4-8-23(24)27/h2-16,27-30H,17H2,1H3/b36-16-/t27?,28?,29-,30-/m1/s1. The van der Waals surface area contributed by atoms with Crippen molar-refractivity contribution in [3.05, 3.63) is 128 Å². The molecule has 0 unspecified atom stereocenters. The molecule has 204 valence electrons. The lowest BCUT2D eigenvalue weighted by molar-refractivity contribution is -0.139. The number of ether oxygens (including phenoxy) is 2. The molecule has 8 heteroatoms. The molecule has 4 aliphatic rings. The van der Waals surface area contributed by atoms with E-state index in [2.05, 4.69) is 45.3 Å². The molecule has 1 aliphatic heterocycles. The van der Waals surface area contributed by atoms with Gasteiger partial charge < -0.3 is 9.47 Å². The Morgan fingerprint density at radius 2 is 1.39 bits per heavy atom. The average Bonchev–Trinajstić information content (AvgIpc) is 3.25. The SMILES string of the molecule is COc1cc(/C=N\N2C(=O)[C@@H]3C4c5ccccc5C(c5ccccc54)[C@H]3C2=O)cc(Br)c1OCc1ccc(Cl)cc1. The maximum Gasteiger partial charge on any atom is 0.254 e. The summed E-state index contributed by atoms with van der Waals surface area (Å²) in [5.41, 5.74) is 6.14. The van der Waals surface area contributed by atoms with Gasteiger partial charge in [0.25, 0.3) is 11.8 Å². The van der Waals surface area contributed by atoms with Crippen LogP contribution in [0.4, 0.5) is 0 Å². The van der Waals surface area contributed by atoms with Crippen LogP contribution in [0, 0.1) is 11.8 Å². The first kappa shape index (κ1) is 26.0. The van der Waals surface area contributed by atoms with E-state index in [1.165, 1.54) is 6.21 Å². The molecule has 8 rings (SSSR count). The van der Waals surface area contributed by atoms with Gasteiger partial charge in [0.2, 0.25) is 0 Å². The van der Waals surface area contributed by atoms with Gasteiger partial charge in [0.15, 0.2) is 11.5 Å². The number of hydrogen-bond acceptors (Lipinski definition) is 5. The first-order valence-corrected chi connectivity index (χ1v) is 14.5. The summed E-state index contributed by atoms with van der Waals surface area (Å²) in [5, 5.41) is 6.16. The molecule has 4 aromatic carbocycles. The molecule has 2 atom stereocenters. The summed E-state index contributed by atoms with van der Waals surface area (Å²) in [4.78, 5) is 27.6. The van der Waals surface area contributed by atoms with E-state index in [4.69, 9.17) is 21.1 Å². The van der Waals surface area contributed by atoms with Crippen LogP contribution in [0.25, 0.3) is 0 Å². The number of benzene rings is 4. The van der Waals surface area contributed by atoms with Crippen molar-refractivity contribution in [2.45, 2.75) is 18.4 Å². The van der Waals surface area contributed by atoms with Crippen LogP contribution in [0.5, 0.6) is 11.5 Å². The zero-order valence-corrected chi connectivity index (χ0v) is 24.3. The summed E-state index contributed by atoms with van der Waals surface area (Å²) in [5.74, 6) is -0.773. The molecule has 3 aliphatic carbocycles. The van der Waals surface area contributed by atoms with Crippen LogP contribution >= 0.6 is 27.5 Å². The quantitative estimate of drug-likeness (QED) is 0.172. The summed E-state index contributed by atoms with van der Waals surface area (Å²) >= 11 is 9.56. The van der Waals surface area contributed by atoms with Gasteiger partial charge in [0.1, 0.15) is 6.61 Å². The third-order valence-corrected chi connectivity index (χ3v) is 9.14. The first-order chi connectivity index (χ1) is 20.0. The van der Waals surface area contributed by atoms with Crippen molar-refractivity contribution in [2.75, 3.05) is 7.11 Å². The van der Waals surface area contributed by atoms with E-state index in [9.17, 15) is 9.59 Å². The molecule has 2 bridgehead atoms. The number of carbonyl (C=O) groups excluding carboxylic acids is 2. The number of carbonyl (C=O) groups is 2. The number of hydrazone groups is 1. The van der Waals surface area contributed by atoms with Gasteiger partial charge in [-0.15, -0.1) is 0 Å². The minimum Gasteiger partial charge on any atom is -0.493 e. The van der Waals surface area contributed by atoms with E-state index in [0.29, 0.717) is 33.2 Å². The third kappa shape index (κ3) is 4.18. The zero-order chi connectivity index (χ0) is 28.2. The third-order valence-electron chi connectivity index (χ3n) is 8.30. The fourth-order valence-electron chi connectivity index (χ4n) is 6.59. The largest absolute Gasteiger partial charge is 0.493 e. The smallest absolute Gasteiger partial charge is 0.254 e. The molecule has 0 N–H and O–H groups in total. The van der Waals surface area contributed by atoms with Crippen LogP contribution in [-0.2, 0) is 16.2 Å². The number of rotatable bonds is 6. The van der Waals surface area contributed by atoms with Gasteiger partial charge in [-0.25, -0.2) is 0 Å². The molecule has 1 heterocycles. The number of imide groups is 1. The Kier molecular flexibility index (Phi) is 6.44. The van der Waals surface area contributed by atoms with Crippen LogP contribution in [0.1, 0.15) is 45.2 Å². The molecular weight excluding hydrogens is 604 g/mol. The Labute approximate surface area is 250 Å². The Morgan fingerprint density at radius 3 is 1.90 bits per heavy atom. The number of amides is 2. The molecule has 6 nitrogen and oxygen atoms in total. The molecular formula is C33H24BrClN2O4. The lowest BCUT2D eigenvalue weighted by Gasteiger charge is -2.45. The molecule has 41 heavy (non-hydrogen) atoms. The summed E-state index contributed by atoms with van der Waals surface area (Å²) < 4.78 is 12.3. The lowest BCUT2D eigenvalue weighted by atomic mass is 9.55. The Balaban J connectivity index is 1.17. The normalized spacial score (nSPS) is 22.1. The predicted molar refractivity (Wildman–Crippen MR) is 159 cm³/mol. The highest BCUT2D eigenvalue weighted by atomic mass is 79.9. The minimum atomic E-state index is -0.473. The van der Waals surface area contributed by atoms with Gasteiger partial charge in [-0.05, 0) is 73.6 Å². The van der Waals surface area contributed by atoms with Crippen LogP contribution < -0.4 is 9.47 Å². The van der Waals surface area contributed by atoms with Crippen molar-refractivity contribution in [1.29, 1.82) is 0 Å². The van der Waals surface area contributed by atoms with E-state index in [0.717, 1.165) is 32.8 Å². The van der Waals surface area contributed by atoms with E-state index in [1.807, 2.05) is 54.6 Å². The Bertz CT molecular complexity index is 1620. The van der Waals surface area contributed by atoms with Gasteiger partial charge in [-0.2, -0.15) is 10.1 Å². The lowest BCUT2D eigenvalue weighted by Crippen LogP contribution is -2.41. The molecule has 0 radical (unpaired) electrons. The molecule has 1 saturated heterocycles. The maximum atomic E-state index is 13.8. The Hall–Kier alpha value is -3.94. The zero-order valence-electron chi connectivity index (χ0n) is 22.0. The topological polar surface area (TPSA) is 68.2 Å². The minimum absolute atomic E-state index is 0.166. The van der Waals surface area contributed by atoms with Crippen molar-refractivity contribution in [3.8, 4) is 11.5 Å². The molecule has 0 saturated carbocycles. The van der Waals surface area contributed by atoms with Crippen LogP contribution in [0.2, 0.25) is 5.02 Å². The highest BCUT2D eigenvalue weighted by molar-refractivity contribution is 9.10.